The molecule has 0 unspecified atom stereocenters. The smallest absolute Gasteiger partial charge is 0.280 e. The van der Waals surface area contributed by atoms with Gasteiger partial charge in [0.2, 0.25) is 0 Å². The summed E-state index contributed by atoms with van der Waals surface area (Å²) in [7, 11) is 2.77. The second kappa shape index (κ2) is 7.03. The third-order valence-corrected chi connectivity index (χ3v) is 3.23. The van der Waals surface area contributed by atoms with Gasteiger partial charge in [0.25, 0.3) is 11.8 Å². The average Bonchev–Trinajstić information content (AvgIpc) is 2.44. The molecule has 0 saturated heterocycles. The topological polar surface area (TPSA) is 59.0 Å². The van der Waals surface area contributed by atoms with Crippen molar-refractivity contribution < 1.29 is 19.5 Å². The first kappa shape index (κ1) is 15.4. The fourth-order valence-corrected chi connectivity index (χ4v) is 1.90. The van der Waals surface area contributed by atoms with Gasteiger partial charge in [-0.25, -0.2) is 0 Å². The van der Waals surface area contributed by atoms with Crippen LogP contribution in [0.1, 0.15) is 5.56 Å². The molecule has 18 heavy (non-hydrogen) atoms. The Hall–Kier alpha value is -0.700. The van der Waals surface area contributed by atoms with Crippen LogP contribution in [0.15, 0.2) is 30.3 Å². The number of benzene rings is 1. The van der Waals surface area contributed by atoms with Crippen LogP contribution in [0.4, 0.5) is 0 Å². The Morgan fingerprint density at radius 2 is 1.89 bits per heavy atom. The maximum Gasteiger partial charge on any atom is 0.280 e. The minimum absolute atomic E-state index is 0.136. The van der Waals surface area contributed by atoms with E-state index in [1.807, 2.05) is 52.9 Å². The zero-order chi connectivity index (χ0) is 13.6. The molecule has 0 aliphatic rings. The number of hydrogen-bond acceptors (Lipinski definition) is 4. The summed E-state index contributed by atoms with van der Waals surface area (Å²) in [6.45, 7) is 0. The van der Waals surface area contributed by atoms with Gasteiger partial charge in [0.1, 0.15) is 0 Å². The first-order valence-electron chi connectivity index (χ1n) is 5.31. The molecular formula is C12H16INO4. The van der Waals surface area contributed by atoms with Gasteiger partial charge in [-0.3, -0.25) is 10.0 Å². The van der Waals surface area contributed by atoms with Gasteiger partial charge in [-0.05, 0) is 5.56 Å². The molecule has 1 rings (SSSR count). The third kappa shape index (κ3) is 3.41. The van der Waals surface area contributed by atoms with E-state index in [4.69, 9.17) is 9.47 Å². The van der Waals surface area contributed by atoms with Gasteiger partial charge in [0, 0.05) is 14.2 Å². The van der Waals surface area contributed by atoms with E-state index < -0.39 is 11.8 Å². The maximum atomic E-state index is 11.6. The van der Waals surface area contributed by atoms with Crippen LogP contribution in [-0.4, -0.2) is 40.7 Å². The largest absolute Gasteiger partial charge is 0.334 e. The van der Waals surface area contributed by atoms with Crippen molar-refractivity contribution in [3.05, 3.63) is 35.9 Å². The van der Waals surface area contributed by atoms with E-state index in [2.05, 4.69) is 0 Å². The third-order valence-electron chi connectivity index (χ3n) is 2.58. The lowest BCUT2D eigenvalue weighted by atomic mass is 10.1. The Kier molecular flexibility index (Phi) is 6.00. The zero-order valence-electron chi connectivity index (χ0n) is 10.3. The number of carbonyl (C=O) groups is 1. The minimum Gasteiger partial charge on any atom is -0.334 e. The van der Waals surface area contributed by atoms with Gasteiger partial charge in [0.15, 0.2) is 0 Å². The van der Waals surface area contributed by atoms with Crippen molar-refractivity contribution in [2.75, 3.05) is 18.6 Å². The van der Waals surface area contributed by atoms with Gasteiger partial charge in [-0.1, -0.05) is 52.9 Å². The van der Waals surface area contributed by atoms with E-state index >= 15 is 0 Å². The number of carbonyl (C=O) groups excluding carboxylic acids is 1. The van der Waals surface area contributed by atoms with Crippen molar-refractivity contribution in [3.63, 3.8) is 0 Å². The van der Waals surface area contributed by atoms with Crippen LogP contribution in [0.3, 0.4) is 0 Å². The maximum absolute atomic E-state index is 11.6. The molecule has 0 bridgehead atoms. The van der Waals surface area contributed by atoms with E-state index in [0.717, 1.165) is 5.56 Å². The fraction of sp³-hybridized carbons (Fsp3) is 0.417. The number of nitrogens with zero attached hydrogens (tertiary/aromatic N) is 1. The van der Waals surface area contributed by atoms with Crippen LogP contribution in [0, 0.1) is 0 Å². The van der Waals surface area contributed by atoms with Crippen LogP contribution in [0.25, 0.3) is 0 Å². The van der Waals surface area contributed by atoms with Crippen molar-refractivity contribution in [2.45, 2.75) is 12.3 Å². The number of alkyl halides is 1. The van der Waals surface area contributed by atoms with Crippen LogP contribution in [-0.2, 0) is 20.7 Å². The molecule has 1 aromatic rings. The Balaban J connectivity index is 2.96. The summed E-state index contributed by atoms with van der Waals surface area (Å²) < 4.78 is 10.5. The quantitative estimate of drug-likeness (QED) is 0.275. The number of ether oxygens (including phenoxy) is 2. The van der Waals surface area contributed by atoms with Crippen LogP contribution >= 0.6 is 22.6 Å². The van der Waals surface area contributed by atoms with Crippen molar-refractivity contribution in [1.29, 1.82) is 0 Å². The minimum atomic E-state index is -1.50. The molecule has 1 amide bonds. The van der Waals surface area contributed by atoms with E-state index in [1.165, 1.54) is 14.2 Å². The van der Waals surface area contributed by atoms with Crippen LogP contribution in [0.2, 0.25) is 0 Å². The Bertz CT molecular complexity index is 381. The summed E-state index contributed by atoms with van der Waals surface area (Å²) >= 11 is 1.87. The van der Waals surface area contributed by atoms with Gasteiger partial charge >= 0.3 is 0 Å². The summed E-state index contributed by atoms with van der Waals surface area (Å²) in [4.78, 5) is 11.6. The molecule has 0 aliphatic heterocycles. The van der Waals surface area contributed by atoms with Gasteiger partial charge in [-0.15, -0.1) is 0 Å². The lowest BCUT2D eigenvalue weighted by Gasteiger charge is -2.36. The number of halogens is 1. The number of hydroxylamine groups is 2. The highest BCUT2D eigenvalue weighted by Gasteiger charge is 2.40. The normalized spacial score (nSPS) is 11.3. The molecule has 100 valence electrons. The summed E-state index contributed by atoms with van der Waals surface area (Å²) in [5.41, 5.74) is 0.890. The number of rotatable bonds is 6. The SMILES string of the molecule is COC(Cc1ccccc1)(OC)N(O)C(=O)CI. The summed E-state index contributed by atoms with van der Waals surface area (Å²) in [5.74, 6) is -1.97. The molecule has 1 aromatic carbocycles. The summed E-state index contributed by atoms with van der Waals surface area (Å²) in [6, 6.07) is 9.36. The molecular weight excluding hydrogens is 349 g/mol. The monoisotopic (exact) mass is 365 g/mol. The number of hydrogen-bond donors (Lipinski definition) is 1. The number of methoxy groups -OCH3 is 2. The molecule has 0 radical (unpaired) electrons. The molecule has 1 N–H and O–H groups in total. The molecule has 0 fully saturated rings. The molecule has 0 aromatic heterocycles. The predicted octanol–water partition coefficient (Wildman–Crippen LogP) is 1.83. The van der Waals surface area contributed by atoms with Crippen molar-refractivity contribution >= 4 is 28.5 Å². The van der Waals surface area contributed by atoms with Gasteiger partial charge < -0.3 is 9.47 Å². The van der Waals surface area contributed by atoms with E-state index in [9.17, 15) is 10.0 Å². The van der Waals surface area contributed by atoms with Crippen molar-refractivity contribution in [3.8, 4) is 0 Å². The Morgan fingerprint density at radius 1 is 1.33 bits per heavy atom. The van der Waals surface area contributed by atoms with Gasteiger partial charge in [-0.2, -0.15) is 5.06 Å². The highest BCUT2D eigenvalue weighted by Crippen LogP contribution is 2.22. The summed E-state index contributed by atoms with van der Waals surface area (Å²) in [5, 5.41) is 10.4. The fourth-order valence-electron chi connectivity index (χ4n) is 1.58. The highest BCUT2D eigenvalue weighted by molar-refractivity contribution is 14.1. The standard InChI is InChI=1S/C12H16INO4/c1-17-12(18-2,14(16)11(15)9-13)8-10-6-4-3-5-7-10/h3-7,16H,8-9H2,1-2H3. The number of amides is 1. The second-order valence-electron chi connectivity index (χ2n) is 3.62. The molecule has 0 aliphatic carbocycles. The lowest BCUT2D eigenvalue weighted by molar-refractivity contribution is -0.360. The summed E-state index contributed by atoms with van der Waals surface area (Å²) in [6.07, 6.45) is 0.236. The second-order valence-corrected chi connectivity index (χ2v) is 4.39. The Labute approximate surface area is 120 Å². The molecule has 0 spiro atoms. The Morgan fingerprint density at radius 3 is 2.33 bits per heavy atom. The van der Waals surface area contributed by atoms with Crippen molar-refractivity contribution in [2.24, 2.45) is 0 Å². The molecule has 5 nitrogen and oxygen atoms in total. The van der Waals surface area contributed by atoms with Crippen LogP contribution in [0.5, 0.6) is 0 Å². The van der Waals surface area contributed by atoms with E-state index in [1.54, 1.807) is 0 Å². The van der Waals surface area contributed by atoms with Crippen molar-refractivity contribution in [1.82, 2.24) is 5.06 Å². The first-order chi connectivity index (χ1) is 8.59. The molecule has 0 heterocycles. The highest BCUT2D eigenvalue weighted by atomic mass is 127. The molecule has 6 heteroatoms. The van der Waals surface area contributed by atoms with E-state index in [-0.39, 0.29) is 10.8 Å². The van der Waals surface area contributed by atoms with Crippen LogP contribution < -0.4 is 0 Å². The lowest BCUT2D eigenvalue weighted by Crippen LogP contribution is -2.54. The first-order valence-corrected chi connectivity index (χ1v) is 6.84. The average molecular weight is 365 g/mol. The predicted molar refractivity (Wildman–Crippen MR) is 74.4 cm³/mol. The van der Waals surface area contributed by atoms with E-state index in [0.29, 0.717) is 5.06 Å². The molecule has 0 atom stereocenters. The van der Waals surface area contributed by atoms with Gasteiger partial charge in [0.05, 0.1) is 10.8 Å². The zero-order valence-corrected chi connectivity index (χ0v) is 12.5. The molecule has 0 saturated carbocycles.